The minimum Gasteiger partial charge on any atom is -0.384 e. The number of nitrogens with zero attached hydrogens (tertiary/aromatic N) is 2. The molecule has 0 bridgehead atoms. The first kappa shape index (κ1) is 20.3. The topological polar surface area (TPSA) is 68.2 Å². The van der Waals surface area contributed by atoms with Crippen LogP contribution < -0.4 is 10.6 Å². The van der Waals surface area contributed by atoms with Crippen molar-refractivity contribution in [3.05, 3.63) is 33.1 Å². The van der Waals surface area contributed by atoms with Gasteiger partial charge in [-0.3, -0.25) is 4.79 Å². The molecule has 0 spiro atoms. The number of carbonyl (C=O) groups is 1. The number of aromatic nitrogens is 2. The molecule has 1 saturated heterocycles. The molecule has 3 heterocycles. The van der Waals surface area contributed by atoms with Crippen LogP contribution in [0.1, 0.15) is 48.0 Å². The van der Waals surface area contributed by atoms with Gasteiger partial charge in [-0.2, -0.15) is 9.78 Å². The molecular weight excluding hydrogens is 384 g/mol. The second-order valence-corrected chi connectivity index (χ2v) is 9.37. The van der Waals surface area contributed by atoms with Crippen LogP contribution in [0.2, 0.25) is 4.34 Å². The molecule has 0 aliphatic carbocycles. The number of hydrogen-bond donors (Lipinski definition) is 2. The standard InChI is InChI=1S/C19H27ClN4O2S/c1-19(2,12-26-3)18(25)24-17(22-11-14-4-5-16(20)27-14)10-15(23-24)13-6-8-21-9-7-13/h4-5,10,13,21-22H,6-9,11-12H2,1-3H3. The molecule has 0 saturated carbocycles. The second kappa shape index (κ2) is 8.73. The third-order valence-corrected chi connectivity index (χ3v) is 6.07. The fourth-order valence-corrected chi connectivity index (χ4v) is 4.36. The lowest BCUT2D eigenvalue weighted by Crippen LogP contribution is -2.35. The first-order chi connectivity index (χ1) is 12.9. The van der Waals surface area contributed by atoms with Gasteiger partial charge < -0.3 is 15.4 Å². The van der Waals surface area contributed by atoms with E-state index in [4.69, 9.17) is 21.4 Å². The van der Waals surface area contributed by atoms with Gasteiger partial charge in [-0.1, -0.05) is 11.6 Å². The van der Waals surface area contributed by atoms with Gasteiger partial charge in [0.1, 0.15) is 5.82 Å². The number of thiophene rings is 1. The summed E-state index contributed by atoms with van der Waals surface area (Å²) in [5.41, 5.74) is 0.319. The highest BCUT2D eigenvalue weighted by Gasteiger charge is 2.32. The first-order valence-corrected chi connectivity index (χ1v) is 10.4. The Morgan fingerprint density at radius 2 is 2.19 bits per heavy atom. The van der Waals surface area contributed by atoms with Crippen molar-refractivity contribution < 1.29 is 9.53 Å². The molecule has 0 unspecified atom stereocenters. The van der Waals surface area contributed by atoms with E-state index in [-0.39, 0.29) is 5.91 Å². The fourth-order valence-electron chi connectivity index (χ4n) is 3.33. The van der Waals surface area contributed by atoms with Crippen LogP contribution in [0.15, 0.2) is 18.2 Å². The second-order valence-electron chi connectivity index (χ2n) is 7.57. The Hall–Kier alpha value is -1.41. The zero-order chi connectivity index (χ0) is 19.4. The molecule has 0 amide bonds. The SMILES string of the molecule is COCC(C)(C)C(=O)n1nc(C2CCNCC2)cc1NCc1ccc(Cl)s1. The van der Waals surface area contributed by atoms with E-state index < -0.39 is 5.41 Å². The Balaban J connectivity index is 1.86. The summed E-state index contributed by atoms with van der Waals surface area (Å²) in [5.74, 6) is 1.03. The van der Waals surface area contributed by atoms with Crippen molar-refractivity contribution in [3.63, 3.8) is 0 Å². The van der Waals surface area contributed by atoms with Gasteiger partial charge in [-0.25, -0.2) is 0 Å². The van der Waals surface area contributed by atoms with Crippen molar-refractivity contribution >= 4 is 34.7 Å². The van der Waals surface area contributed by atoms with Crippen molar-refractivity contribution in [2.45, 2.75) is 39.2 Å². The van der Waals surface area contributed by atoms with Crippen LogP contribution in [-0.4, -0.2) is 42.5 Å². The molecule has 2 N–H and O–H groups in total. The smallest absolute Gasteiger partial charge is 0.256 e. The molecule has 3 rings (SSSR count). The lowest BCUT2D eigenvalue weighted by Gasteiger charge is -2.23. The van der Waals surface area contributed by atoms with E-state index in [2.05, 4.69) is 10.6 Å². The molecule has 1 aliphatic rings. The summed E-state index contributed by atoms with van der Waals surface area (Å²) in [4.78, 5) is 14.2. The third kappa shape index (κ3) is 4.90. The summed E-state index contributed by atoms with van der Waals surface area (Å²) in [7, 11) is 1.61. The van der Waals surface area contributed by atoms with Crippen LogP contribution in [0.5, 0.6) is 0 Å². The Labute approximate surface area is 169 Å². The summed E-state index contributed by atoms with van der Waals surface area (Å²) in [6.07, 6.45) is 2.07. The third-order valence-electron chi connectivity index (χ3n) is 4.83. The molecule has 148 valence electrons. The van der Waals surface area contributed by atoms with Crippen molar-refractivity contribution in [1.29, 1.82) is 0 Å². The van der Waals surface area contributed by atoms with Crippen molar-refractivity contribution in [2.24, 2.45) is 5.41 Å². The number of piperidine rings is 1. The molecule has 0 aromatic carbocycles. The summed E-state index contributed by atoms with van der Waals surface area (Å²) >= 11 is 7.55. The van der Waals surface area contributed by atoms with E-state index in [0.29, 0.717) is 19.1 Å². The van der Waals surface area contributed by atoms with E-state index in [1.165, 1.54) is 16.0 Å². The highest BCUT2D eigenvalue weighted by atomic mass is 35.5. The zero-order valence-corrected chi connectivity index (χ0v) is 17.6. The van der Waals surface area contributed by atoms with Gasteiger partial charge >= 0.3 is 0 Å². The fraction of sp³-hybridized carbons (Fsp3) is 0.579. The van der Waals surface area contributed by atoms with Crippen LogP contribution in [0, 0.1) is 5.41 Å². The molecule has 1 fully saturated rings. The largest absolute Gasteiger partial charge is 0.384 e. The number of ether oxygens (including phenoxy) is 1. The number of anilines is 1. The van der Waals surface area contributed by atoms with E-state index in [1.807, 2.05) is 32.0 Å². The van der Waals surface area contributed by atoms with Gasteiger partial charge in [0.2, 0.25) is 0 Å². The molecule has 27 heavy (non-hydrogen) atoms. The summed E-state index contributed by atoms with van der Waals surface area (Å²) in [6.45, 7) is 6.68. The average Bonchev–Trinajstić information content (AvgIpc) is 3.26. The van der Waals surface area contributed by atoms with Crippen LogP contribution >= 0.6 is 22.9 Å². The number of carbonyl (C=O) groups excluding carboxylic acids is 1. The highest BCUT2D eigenvalue weighted by molar-refractivity contribution is 7.16. The molecule has 2 aromatic heterocycles. The first-order valence-electron chi connectivity index (χ1n) is 9.23. The van der Waals surface area contributed by atoms with Gasteiger partial charge in [-0.05, 0) is 51.9 Å². The van der Waals surface area contributed by atoms with Crippen molar-refractivity contribution in [3.8, 4) is 0 Å². The minimum atomic E-state index is -0.658. The van der Waals surface area contributed by atoms with Gasteiger partial charge in [0.25, 0.3) is 5.91 Å². The molecule has 0 atom stereocenters. The molecule has 6 nitrogen and oxygen atoms in total. The van der Waals surface area contributed by atoms with Crippen LogP contribution in [0.3, 0.4) is 0 Å². The van der Waals surface area contributed by atoms with E-state index >= 15 is 0 Å². The van der Waals surface area contributed by atoms with E-state index in [1.54, 1.807) is 7.11 Å². The predicted octanol–water partition coefficient (Wildman–Crippen LogP) is 3.99. The predicted molar refractivity (Wildman–Crippen MR) is 110 cm³/mol. The van der Waals surface area contributed by atoms with Gasteiger partial charge in [0.05, 0.1) is 28.6 Å². The van der Waals surface area contributed by atoms with Crippen molar-refractivity contribution in [1.82, 2.24) is 15.1 Å². The van der Waals surface area contributed by atoms with Crippen LogP contribution in [0.25, 0.3) is 0 Å². The van der Waals surface area contributed by atoms with E-state index in [9.17, 15) is 4.79 Å². The minimum absolute atomic E-state index is 0.0729. The Morgan fingerprint density at radius 1 is 1.44 bits per heavy atom. The highest BCUT2D eigenvalue weighted by Crippen LogP contribution is 2.29. The molecular formula is C19H27ClN4O2S. The van der Waals surface area contributed by atoms with Gasteiger partial charge in [0, 0.05) is 24.0 Å². The van der Waals surface area contributed by atoms with Crippen LogP contribution in [-0.2, 0) is 11.3 Å². The van der Waals surface area contributed by atoms with E-state index in [0.717, 1.165) is 46.7 Å². The molecule has 8 heteroatoms. The lowest BCUT2D eigenvalue weighted by molar-refractivity contribution is 0.0528. The summed E-state index contributed by atoms with van der Waals surface area (Å²) < 4.78 is 7.52. The normalized spacial score (nSPS) is 15.9. The molecule has 1 aliphatic heterocycles. The quantitative estimate of drug-likeness (QED) is 0.722. The van der Waals surface area contributed by atoms with Crippen molar-refractivity contribution in [2.75, 3.05) is 32.1 Å². The van der Waals surface area contributed by atoms with Gasteiger partial charge in [0.15, 0.2) is 0 Å². The maximum atomic E-state index is 13.1. The summed E-state index contributed by atoms with van der Waals surface area (Å²) in [5, 5.41) is 11.4. The van der Waals surface area contributed by atoms with Crippen LogP contribution in [0.4, 0.5) is 5.82 Å². The molecule has 0 radical (unpaired) electrons. The maximum absolute atomic E-state index is 13.1. The molecule has 2 aromatic rings. The number of hydrogen-bond acceptors (Lipinski definition) is 6. The average molecular weight is 411 g/mol. The van der Waals surface area contributed by atoms with Gasteiger partial charge in [-0.15, -0.1) is 11.3 Å². The Kier molecular flexibility index (Phi) is 6.57. The maximum Gasteiger partial charge on any atom is 0.256 e. The monoisotopic (exact) mass is 410 g/mol. The summed E-state index contributed by atoms with van der Waals surface area (Å²) in [6, 6.07) is 5.89. The number of nitrogens with one attached hydrogen (secondary N) is 2. The number of methoxy groups -OCH3 is 1. The number of halogens is 1. The Bertz CT molecular complexity index is 781. The zero-order valence-electron chi connectivity index (χ0n) is 16.0. The Morgan fingerprint density at radius 3 is 2.81 bits per heavy atom. The lowest BCUT2D eigenvalue weighted by atomic mass is 9.94. The number of rotatable bonds is 7.